The molecule has 0 aliphatic carbocycles. The van der Waals surface area contributed by atoms with Crippen LogP contribution in [-0.2, 0) is 43.2 Å². The van der Waals surface area contributed by atoms with Crippen LogP contribution in [0.5, 0.6) is 0 Å². The molecule has 0 radical (unpaired) electrons. The van der Waals surface area contributed by atoms with E-state index < -0.39 is 11.1 Å². The van der Waals surface area contributed by atoms with Gasteiger partial charge in [-0.1, -0.05) is 55.0 Å². The Morgan fingerprint density at radius 1 is 0.583 bits per heavy atom. The Balaban J connectivity index is 0.000000360. The van der Waals surface area contributed by atoms with Gasteiger partial charge in [-0.15, -0.1) is 0 Å². The molecule has 0 aliphatic rings. The van der Waals surface area contributed by atoms with Gasteiger partial charge in [0.1, 0.15) is 0 Å². The van der Waals surface area contributed by atoms with Crippen molar-refractivity contribution in [1.82, 2.24) is 0 Å². The molecular weight excluding hydrogens is 456 g/mol. The van der Waals surface area contributed by atoms with Crippen molar-refractivity contribution < 1.29 is 19.2 Å². The van der Waals surface area contributed by atoms with E-state index in [-0.39, 0.29) is 0 Å². The van der Waals surface area contributed by atoms with Crippen molar-refractivity contribution in [2.24, 2.45) is 20.0 Å². The molecule has 2 rings (SSSR count). The molecule has 0 N–H and O–H groups in total. The summed E-state index contributed by atoms with van der Waals surface area (Å²) in [5.41, 5.74) is 2.90. The Kier molecular flexibility index (Phi) is 13.1. The van der Waals surface area contributed by atoms with E-state index in [4.69, 9.17) is 0 Å². The molecule has 188 valence electrons. The van der Waals surface area contributed by atoms with Gasteiger partial charge in [-0.05, 0) is 69.2 Å². The normalized spacial score (nSPS) is 10.3. The molecule has 0 aromatic heterocycles. The van der Waals surface area contributed by atoms with Crippen LogP contribution in [0.4, 0.5) is 0 Å². The van der Waals surface area contributed by atoms with Crippen molar-refractivity contribution in [3.8, 4) is 0 Å². The number of aryl methyl sites for hydroxylation is 1. The maximum Gasteiger partial charge on any atom is 0.235 e. The van der Waals surface area contributed by atoms with E-state index in [2.05, 4.69) is 32.1 Å². The van der Waals surface area contributed by atoms with Gasteiger partial charge in [-0.25, -0.2) is 29.2 Å². The lowest BCUT2D eigenvalue weighted by atomic mass is 9.89. The van der Waals surface area contributed by atoms with Gasteiger partial charge >= 0.3 is 0 Å². The number of hydrogen-bond donors (Lipinski definition) is 0. The predicted molar refractivity (Wildman–Crippen MR) is 138 cm³/mol. The minimum Gasteiger partial charge on any atom is -0.211 e. The van der Waals surface area contributed by atoms with E-state index >= 15 is 0 Å². The molecule has 0 spiro atoms. The number of unbranched alkanes of at least 4 members (excludes halogenated alkanes) is 2. The summed E-state index contributed by atoms with van der Waals surface area (Å²) in [7, 11) is 0. The summed E-state index contributed by atoms with van der Waals surface area (Å²) in [6.07, 6.45) is 10.3. The number of carbonyl (C=O) groups excluding carboxylic acids is 4. The summed E-state index contributed by atoms with van der Waals surface area (Å²) >= 11 is 0. The van der Waals surface area contributed by atoms with Crippen molar-refractivity contribution in [2.75, 3.05) is 6.54 Å². The van der Waals surface area contributed by atoms with Crippen LogP contribution in [0.25, 0.3) is 0 Å². The molecule has 0 heterocycles. The summed E-state index contributed by atoms with van der Waals surface area (Å²) in [4.78, 5) is 55.1. The molecule has 2 aromatic carbocycles. The average Bonchev–Trinajstić information content (AvgIpc) is 2.86. The highest BCUT2D eigenvalue weighted by atomic mass is 16.1. The first kappa shape index (κ1) is 30.0. The second kappa shape index (κ2) is 15.8. The third-order valence-electron chi connectivity index (χ3n) is 5.60. The van der Waals surface area contributed by atoms with Gasteiger partial charge in [-0.3, -0.25) is 0 Å². The van der Waals surface area contributed by atoms with Crippen molar-refractivity contribution >= 4 is 24.3 Å². The molecule has 0 fully saturated rings. The fourth-order valence-electron chi connectivity index (χ4n) is 3.32. The molecule has 0 amide bonds. The molecule has 36 heavy (non-hydrogen) atoms. The topological polar surface area (TPSA) is 118 Å². The lowest BCUT2D eigenvalue weighted by Crippen LogP contribution is -2.16. The number of isocyanates is 4. The van der Waals surface area contributed by atoms with Crippen LogP contribution >= 0.6 is 0 Å². The maximum atomic E-state index is 10.4. The Hall–Kier alpha value is -4.04. The maximum absolute atomic E-state index is 10.4. The lowest BCUT2D eigenvalue weighted by molar-refractivity contribution is 0.515. The predicted octanol–water partition coefficient (Wildman–Crippen LogP) is 5.40. The largest absolute Gasteiger partial charge is 0.235 e. The van der Waals surface area contributed by atoms with E-state index in [1.165, 1.54) is 17.7 Å². The van der Waals surface area contributed by atoms with Crippen molar-refractivity contribution in [3.05, 3.63) is 70.8 Å². The summed E-state index contributed by atoms with van der Waals surface area (Å²) in [5.74, 6) is 0. The second-order valence-corrected chi connectivity index (χ2v) is 9.11. The average molecular weight is 489 g/mol. The highest BCUT2D eigenvalue weighted by Crippen LogP contribution is 2.29. The Morgan fingerprint density at radius 2 is 1.06 bits per heavy atom. The van der Waals surface area contributed by atoms with Gasteiger partial charge in [0, 0.05) is 0 Å². The molecule has 8 heteroatoms. The van der Waals surface area contributed by atoms with Crippen LogP contribution in [0.1, 0.15) is 69.2 Å². The van der Waals surface area contributed by atoms with Crippen molar-refractivity contribution in [3.63, 3.8) is 0 Å². The number of rotatable bonds is 12. The molecule has 0 saturated heterocycles. The van der Waals surface area contributed by atoms with Crippen LogP contribution in [0, 0.1) is 0 Å². The molecule has 2 aromatic rings. The Labute approximate surface area is 212 Å². The number of hydrogen-bond acceptors (Lipinski definition) is 8. The summed E-state index contributed by atoms with van der Waals surface area (Å²) in [6.45, 7) is 8.31. The zero-order valence-corrected chi connectivity index (χ0v) is 21.3. The second-order valence-electron chi connectivity index (χ2n) is 9.11. The number of benzene rings is 2. The van der Waals surface area contributed by atoms with E-state index in [0.29, 0.717) is 13.1 Å². The first-order valence-corrected chi connectivity index (χ1v) is 11.6. The smallest absolute Gasteiger partial charge is 0.211 e. The van der Waals surface area contributed by atoms with Gasteiger partial charge in [0.05, 0.1) is 24.2 Å². The minimum atomic E-state index is -0.599. The minimum absolute atomic E-state index is 0.396. The van der Waals surface area contributed by atoms with Gasteiger partial charge < -0.3 is 0 Å². The Bertz CT molecular complexity index is 1100. The summed E-state index contributed by atoms with van der Waals surface area (Å²) < 4.78 is 0. The monoisotopic (exact) mass is 488 g/mol. The van der Waals surface area contributed by atoms with Gasteiger partial charge in [-0.2, -0.15) is 9.98 Å². The zero-order chi connectivity index (χ0) is 26.9. The summed E-state index contributed by atoms with van der Waals surface area (Å²) in [5, 5.41) is 0. The third-order valence-corrected chi connectivity index (χ3v) is 5.60. The van der Waals surface area contributed by atoms with Crippen LogP contribution in [0.15, 0.2) is 68.5 Å². The first-order chi connectivity index (χ1) is 17.2. The third kappa shape index (κ3) is 10.9. The van der Waals surface area contributed by atoms with Crippen molar-refractivity contribution in [1.29, 1.82) is 0 Å². The molecule has 0 atom stereocenters. The fraction of sp³-hybridized carbons (Fsp3) is 0.429. The van der Waals surface area contributed by atoms with Gasteiger partial charge in [0.15, 0.2) is 0 Å². The van der Waals surface area contributed by atoms with E-state index in [1.54, 1.807) is 12.2 Å². The lowest BCUT2D eigenvalue weighted by Gasteiger charge is -2.21. The molecule has 0 saturated carbocycles. The van der Waals surface area contributed by atoms with Crippen LogP contribution in [0.2, 0.25) is 0 Å². The highest BCUT2D eigenvalue weighted by molar-refractivity contribution is 5.40. The summed E-state index contributed by atoms with van der Waals surface area (Å²) in [6, 6.07) is 15.6. The zero-order valence-electron chi connectivity index (χ0n) is 21.3. The molecule has 0 aliphatic heterocycles. The molecule has 0 bridgehead atoms. The van der Waals surface area contributed by atoms with Crippen LogP contribution in [0.3, 0.4) is 0 Å². The van der Waals surface area contributed by atoms with E-state index in [1.807, 2.05) is 64.1 Å². The van der Waals surface area contributed by atoms with Crippen LogP contribution < -0.4 is 0 Å². The standard InChI is InChI=1S/2C14H16N2O2/c1-13(2,15-9-17)11-5-7-12(8-6-11)14(3,4)16-10-18;17-11-15-9-3-1-2-4-13-5-7-14(8-6-13)10-16-12-18/h5-8H,1-4H3;5-8H,1-4,9-10H2. The molecule has 0 unspecified atom stereocenters. The first-order valence-electron chi connectivity index (χ1n) is 11.6. The van der Waals surface area contributed by atoms with Gasteiger partial charge in [0.25, 0.3) is 0 Å². The van der Waals surface area contributed by atoms with Crippen molar-refractivity contribution in [2.45, 2.75) is 71.0 Å². The SMILES string of the molecule is CC(C)(N=C=O)c1ccc(C(C)(C)N=C=O)cc1.O=C=NCCCCCc1ccc(CN=C=O)cc1. The highest BCUT2D eigenvalue weighted by Gasteiger charge is 2.22. The fourth-order valence-corrected chi connectivity index (χ4v) is 3.32. The number of nitrogens with zero attached hydrogens (tertiary/aromatic N) is 4. The van der Waals surface area contributed by atoms with E-state index in [9.17, 15) is 19.2 Å². The quantitative estimate of drug-likeness (QED) is 0.226. The number of aliphatic imine (C=N–C) groups is 4. The van der Waals surface area contributed by atoms with Crippen LogP contribution in [-0.4, -0.2) is 30.9 Å². The Morgan fingerprint density at radius 3 is 1.50 bits per heavy atom. The van der Waals surface area contributed by atoms with Gasteiger partial charge in [0.2, 0.25) is 24.3 Å². The molecular formula is C28H32N4O4. The van der Waals surface area contributed by atoms with E-state index in [0.717, 1.165) is 42.4 Å². The molecule has 8 nitrogen and oxygen atoms in total.